The first-order valence-corrected chi connectivity index (χ1v) is 9.18. The van der Waals surface area contributed by atoms with E-state index in [1.54, 1.807) is 12.1 Å². The van der Waals surface area contributed by atoms with Crippen molar-refractivity contribution in [3.8, 4) is 0 Å². The zero-order chi connectivity index (χ0) is 19.6. The van der Waals surface area contributed by atoms with Gasteiger partial charge < -0.3 is 15.5 Å². The van der Waals surface area contributed by atoms with E-state index < -0.39 is 0 Å². The molecular weight excluding hydrogens is 345 g/mol. The van der Waals surface area contributed by atoms with Crippen molar-refractivity contribution < 1.29 is 18.9 Å². The number of anilines is 1. The van der Waals surface area contributed by atoms with E-state index in [0.29, 0.717) is 6.54 Å². The molecule has 1 atom stereocenters. The molecular formula is C21H27FN3O2+. The summed E-state index contributed by atoms with van der Waals surface area (Å²) in [5.74, 6) is -0.547. The quantitative estimate of drug-likeness (QED) is 0.627. The summed E-state index contributed by atoms with van der Waals surface area (Å²) < 4.78 is 12.9. The minimum atomic E-state index is -0.302. The molecule has 6 heteroatoms. The van der Waals surface area contributed by atoms with Gasteiger partial charge in [0.15, 0.2) is 13.1 Å². The molecule has 1 unspecified atom stereocenters. The smallest absolute Gasteiger partial charge is 0.279 e. The SMILES string of the molecule is CCC[NH+](CC(=O)NCc1ccc(F)cc1)CC(=O)Nc1ccccc1C. The summed E-state index contributed by atoms with van der Waals surface area (Å²) in [5.41, 5.74) is 2.62. The van der Waals surface area contributed by atoms with Crippen molar-refractivity contribution >= 4 is 17.5 Å². The van der Waals surface area contributed by atoms with Crippen molar-refractivity contribution in [2.75, 3.05) is 25.0 Å². The molecule has 2 aromatic carbocycles. The predicted octanol–water partition coefficient (Wildman–Crippen LogP) is 1.68. The van der Waals surface area contributed by atoms with Crippen LogP contribution in [0.5, 0.6) is 0 Å². The standard InChI is InChI=1S/C21H26FN3O2/c1-3-12-25(15-21(27)24-19-7-5-4-6-16(19)2)14-20(26)23-13-17-8-10-18(22)11-9-17/h4-11H,3,12-15H2,1-2H3,(H,23,26)(H,24,27)/p+1. The van der Waals surface area contributed by atoms with Gasteiger partial charge in [0.25, 0.3) is 11.8 Å². The molecule has 0 spiro atoms. The maximum absolute atomic E-state index is 12.9. The van der Waals surface area contributed by atoms with E-state index in [2.05, 4.69) is 10.6 Å². The topological polar surface area (TPSA) is 62.6 Å². The summed E-state index contributed by atoms with van der Waals surface area (Å²) in [4.78, 5) is 25.5. The maximum Gasteiger partial charge on any atom is 0.279 e. The Kier molecular flexibility index (Phi) is 7.95. The molecule has 5 nitrogen and oxygen atoms in total. The van der Waals surface area contributed by atoms with Crippen LogP contribution in [0.1, 0.15) is 24.5 Å². The van der Waals surface area contributed by atoms with E-state index in [4.69, 9.17) is 0 Å². The number of carbonyl (C=O) groups excluding carboxylic acids is 2. The fraction of sp³-hybridized carbons (Fsp3) is 0.333. The third-order valence-corrected chi connectivity index (χ3v) is 4.25. The van der Waals surface area contributed by atoms with Gasteiger partial charge in [-0.2, -0.15) is 0 Å². The summed E-state index contributed by atoms with van der Waals surface area (Å²) in [6.07, 6.45) is 0.873. The van der Waals surface area contributed by atoms with E-state index >= 15 is 0 Å². The van der Waals surface area contributed by atoms with Crippen LogP contribution < -0.4 is 15.5 Å². The van der Waals surface area contributed by atoms with Crippen LogP contribution in [0.2, 0.25) is 0 Å². The number of nitrogens with one attached hydrogen (secondary N) is 3. The van der Waals surface area contributed by atoms with Crippen LogP contribution in [0, 0.1) is 12.7 Å². The van der Waals surface area contributed by atoms with E-state index in [1.165, 1.54) is 12.1 Å². The van der Waals surface area contributed by atoms with Crippen LogP contribution >= 0.6 is 0 Å². The lowest BCUT2D eigenvalue weighted by molar-refractivity contribution is -0.883. The molecule has 2 amide bonds. The van der Waals surface area contributed by atoms with Crippen LogP contribution in [0.25, 0.3) is 0 Å². The summed E-state index contributed by atoms with van der Waals surface area (Å²) in [7, 11) is 0. The molecule has 0 aliphatic rings. The number of rotatable bonds is 9. The zero-order valence-corrected chi connectivity index (χ0v) is 15.8. The lowest BCUT2D eigenvalue weighted by Crippen LogP contribution is -3.14. The lowest BCUT2D eigenvalue weighted by Gasteiger charge is -2.18. The second kappa shape index (κ2) is 10.4. The maximum atomic E-state index is 12.9. The Hall–Kier alpha value is -2.73. The molecule has 0 bridgehead atoms. The second-order valence-corrected chi connectivity index (χ2v) is 6.62. The van der Waals surface area contributed by atoms with Crippen molar-refractivity contribution in [2.24, 2.45) is 0 Å². The van der Waals surface area contributed by atoms with E-state index in [-0.39, 0.29) is 30.7 Å². The van der Waals surface area contributed by atoms with Gasteiger partial charge in [0.05, 0.1) is 6.54 Å². The highest BCUT2D eigenvalue weighted by Gasteiger charge is 2.18. The number of benzene rings is 2. The predicted molar refractivity (Wildman–Crippen MR) is 104 cm³/mol. The molecule has 144 valence electrons. The molecule has 0 fully saturated rings. The van der Waals surface area contributed by atoms with Crippen molar-refractivity contribution in [1.29, 1.82) is 0 Å². The Balaban J connectivity index is 1.84. The van der Waals surface area contributed by atoms with Gasteiger partial charge in [-0.15, -0.1) is 0 Å². The number of amides is 2. The number of para-hydroxylation sites is 1. The number of quaternary nitrogens is 1. The van der Waals surface area contributed by atoms with Gasteiger partial charge in [-0.25, -0.2) is 4.39 Å². The molecule has 0 aliphatic carbocycles. The minimum absolute atomic E-state index is 0.112. The second-order valence-electron chi connectivity index (χ2n) is 6.62. The molecule has 2 aromatic rings. The first-order valence-electron chi connectivity index (χ1n) is 9.18. The summed E-state index contributed by atoms with van der Waals surface area (Å²) in [6.45, 7) is 5.48. The number of halogens is 1. The third-order valence-electron chi connectivity index (χ3n) is 4.25. The van der Waals surface area contributed by atoms with Gasteiger partial charge in [0.2, 0.25) is 0 Å². The van der Waals surface area contributed by atoms with Crippen LogP contribution in [-0.2, 0) is 16.1 Å². The fourth-order valence-electron chi connectivity index (χ4n) is 2.82. The van der Waals surface area contributed by atoms with Crippen molar-refractivity contribution in [2.45, 2.75) is 26.8 Å². The third kappa shape index (κ3) is 7.19. The summed E-state index contributed by atoms with van der Waals surface area (Å²) in [5, 5.41) is 5.73. The van der Waals surface area contributed by atoms with E-state index in [0.717, 1.165) is 34.7 Å². The first-order chi connectivity index (χ1) is 13.0. The number of hydrogen-bond acceptors (Lipinski definition) is 2. The van der Waals surface area contributed by atoms with Crippen molar-refractivity contribution in [3.63, 3.8) is 0 Å². The fourth-order valence-corrected chi connectivity index (χ4v) is 2.82. The van der Waals surface area contributed by atoms with E-state index in [1.807, 2.05) is 38.1 Å². The van der Waals surface area contributed by atoms with Crippen LogP contribution in [0.4, 0.5) is 10.1 Å². The van der Waals surface area contributed by atoms with Gasteiger partial charge in [-0.05, 0) is 42.7 Å². The Bertz CT molecular complexity index is 762. The van der Waals surface area contributed by atoms with Gasteiger partial charge in [0, 0.05) is 12.2 Å². The molecule has 3 N–H and O–H groups in total. The molecule has 27 heavy (non-hydrogen) atoms. The highest BCUT2D eigenvalue weighted by atomic mass is 19.1. The first kappa shape index (κ1) is 20.6. The van der Waals surface area contributed by atoms with Crippen LogP contribution in [0.15, 0.2) is 48.5 Å². The Morgan fingerprint density at radius 2 is 1.67 bits per heavy atom. The molecule has 0 saturated heterocycles. The molecule has 0 radical (unpaired) electrons. The average molecular weight is 372 g/mol. The largest absolute Gasteiger partial charge is 0.347 e. The van der Waals surface area contributed by atoms with Gasteiger partial charge >= 0.3 is 0 Å². The number of aryl methyl sites for hydroxylation is 1. The Morgan fingerprint density at radius 3 is 2.33 bits per heavy atom. The molecule has 0 aromatic heterocycles. The minimum Gasteiger partial charge on any atom is -0.347 e. The molecule has 2 rings (SSSR count). The van der Waals surface area contributed by atoms with Gasteiger partial charge in [-0.3, -0.25) is 9.59 Å². The zero-order valence-electron chi connectivity index (χ0n) is 15.8. The normalized spacial score (nSPS) is 11.7. The van der Waals surface area contributed by atoms with Crippen molar-refractivity contribution in [1.82, 2.24) is 5.32 Å². The highest BCUT2D eigenvalue weighted by Crippen LogP contribution is 2.12. The molecule has 0 aliphatic heterocycles. The van der Waals surface area contributed by atoms with Gasteiger partial charge in [0.1, 0.15) is 5.82 Å². The van der Waals surface area contributed by atoms with E-state index in [9.17, 15) is 14.0 Å². The average Bonchev–Trinajstić information content (AvgIpc) is 2.63. The Labute approximate surface area is 159 Å². The highest BCUT2D eigenvalue weighted by molar-refractivity contribution is 5.92. The Morgan fingerprint density at radius 1 is 1.00 bits per heavy atom. The summed E-state index contributed by atoms with van der Waals surface area (Å²) in [6, 6.07) is 13.6. The van der Waals surface area contributed by atoms with Gasteiger partial charge in [-0.1, -0.05) is 37.3 Å². The number of hydrogen-bond donors (Lipinski definition) is 3. The lowest BCUT2D eigenvalue weighted by atomic mass is 10.2. The summed E-state index contributed by atoms with van der Waals surface area (Å²) >= 11 is 0. The number of carbonyl (C=O) groups is 2. The monoisotopic (exact) mass is 372 g/mol. The molecule has 0 heterocycles. The van der Waals surface area contributed by atoms with Crippen LogP contribution in [0.3, 0.4) is 0 Å². The van der Waals surface area contributed by atoms with Crippen LogP contribution in [-0.4, -0.2) is 31.4 Å². The molecule has 0 saturated carbocycles. The van der Waals surface area contributed by atoms with Crippen molar-refractivity contribution in [3.05, 3.63) is 65.5 Å².